The van der Waals surface area contributed by atoms with Gasteiger partial charge in [0.1, 0.15) is 0 Å². The molecule has 0 bridgehead atoms. The zero-order chi connectivity index (χ0) is 22.7. The molecule has 160 valence electrons. The predicted molar refractivity (Wildman–Crippen MR) is 135 cm³/mol. The quantitative estimate of drug-likeness (QED) is 0.472. The third-order valence-corrected chi connectivity index (χ3v) is 8.70. The van der Waals surface area contributed by atoms with E-state index in [-0.39, 0.29) is 0 Å². The topological polar surface area (TPSA) is 0 Å². The number of rotatable bonds is 2. The van der Waals surface area contributed by atoms with Crippen LogP contribution in [-0.2, 0) is 0 Å². The normalized spacial score (nSPS) is 14.8. The highest BCUT2D eigenvalue weighted by Gasteiger charge is 2.25. The van der Waals surface area contributed by atoms with E-state index in [9.17, 15) is 0 Å². The van der Waals surface area contributed by atoms with E-state index in [0.29, 0.717) is 0 Å². The van der Waals surface area contributed by atoms with Gasteiger partial charge in [0.25, 0.3) is 0 Å². The van der Waals surface area contributed by atoms with Crippen molar-refractivity contribution in [2.24, 2.45) is 0 Å². The van der Waals surface area contributed by atoms with Gasteiger partial charge in [-0.1, -0.05) is 0 Å². The van der Waals surface area contributed by atoms with Crippen LogP contribution in [0.5, 0.6) is 0 Å². The van der Waals surface area contributed by atoms with Gasteiger partial charge in [0.2, 0.25) is 0 Å². The highest BCUT2D eigenvalue weighted by Crippen LogP contribution is 2.45. The molecule has 0 unspecified atom stereocenters. The predicted octanol–water partition coefficient (Wildman–Crippen LogP) is 8.81. The van der Waals surface area contributed by atoms with Crippen LogP contribution in [0.2, 0.25) is 0 Å². The lowest BCUT2D eigenvalue weighted by Gasteiger charge is -2.30. The van der Waals surface area contributed by atoms with Crippen LogP contribution in [0.4, 0.5) is 0 Å². The van der Waals surface area contributed by atoms with E-state index in [1.807, 2.05) is 0 Å². The molecule has 0 saturated heterocycles. The molecule has 0 radical (unpaired) electrons. The minimum absolute atomic E-state index is 1.13. The summed E-state index contributed by atoms with van der Waals surface area (Å²) in [7, 11) is 0. The van der Waals surface area contributed by atoms with Crippen LogP contribution in [0.1, 0.15) is 93.5 Å². The molecular formula is C30H40. The van der Waals surface area contributed by atoms with Crippen molar-refractivity contribution in [1.82, 2.24) is 0 Å². The second-order valence-corrected chi connectivity index (χ2v) is 9.71. The second kappa shape index (κ2) is 7.88. The summed E-state index contributed by atoms with van der Waals surface area (Å²) in [6.45, 7) is 27.7. The number of hydrogen-bond donors (Lipinski definition) is 0. The van der Waals surface area contributed by atoms with Crippen LogP contribution in [0.3, 0.4) is 0 Å². The van der Waals surface area contributed by atoms with Crippen molar-refractivity contribution in [3.63, 3.8) is 0 Å². The van der Waals surface area contributed by atoms with Gasteiger partial charge >= 0.3 is 0 Å². The van der Waals surface area contributed by atoms with E-state index in [1.165, 1.54) is 77.9 Å². The van der Waals surface area contributed by atoms with Gasteiger partial charge in [0.15, 0.2) is 0 Å². The highest BCUT2D eigenvalue weighted by atomic mass is 14.3. The summed E-state index contributed by atoms with van der Waals surface area (Å²) in [6, 6.07) is 0. The molecule has 0 spiro atoms. The standard InChI is InChI=1S/C30H40/c1-15-17(3)23(9)29(24(10)18(15)4)27-13-14-28(22(8)21(27)7)30-25(11)19(5)16(2)20(6)26(30)12/h13-14H2,1-12H3. The Labute approximate surface area is 185 Å². The number of benzene rings is 2. The number of hydrogen-bond acceptors (Lipinski definition) is 0. The first-order chi connectivity index (χ1) is 13.9. The van der Waals surface area contributed by atoms with Crippen molar-refractivity contribution in [3.8, 4) is 0 Å². The SMILES string of the molecule is CC1=C(c2c(C)c(C)c(C)c(C)c2C)CCC(c2c(C)c(C)c(C)c(C)c2C)=C1C. The maximum absolute atomic E-state index is 2.35. The summed E-state index contributed by atoms with van der Waals surface area (Å²) in [5.41, 5.74) is 23.7. The summed E-state index contributed by atoms with van der Waals surface area (Å²) < 4.78 is 0. The molecule has 0 saturated carbocycles. The van der Waals surface area contributed by atoms with Gasteiger partial charge in [-0.25, -0.2) is 0 Å². The fourth-order valence-electron chi connectivity index (χ4n) is 5.61. The molecule has 0 aliphatic heterocycles. The Morgan fingerprint density at radius 2 is 0.500 bits per heavy atom. The Hall–Kier alpha value is -2.08. The lowest BCUT2D eigenvalue weighted by atomic mass is 9.75. The Kier molecular flexibility index (Phi) is 5.93. The van der Waals surface area contributed by atoms with Gasteiger partial charge in [-0.2, -0.15) is 0 Å². The van der Waals surface area contributed by atoms with Gasteiger partial charge < -0.3 is 0 Å². The van der Waals surface area contributed by atoms with Crippen LogP contribution in [0.15, 0.2) is 11.1 Å². The first-order valence-corrected chi connectivity index (χ1v) is 11.5. The van der Waals surface area contributed by atoms with Crippen LogP contribution in [0.25, 0.3) is 11.1 Å². The van der Waals surface area contributed by atoms with E-state index in [1.54, 1.807) is 11.1 Å². The molecule has 1 aliphatic carbocycles. The minimum atomic E-state index is 1.13. The van der Waals surface area contributed by atoms with Crippen LogP contribution in [0, 0.1) is 69.2 Å². The van der Waals surface area contributed by atoms with Crippen molar-refractivity contribution in [3.05, 3.63) is 77.9 Å². The molecule has 0 fully saturated rings. The fraction of sp³-hybridized carbons (Fsp3) is 0.467. The first kappa shape index (κ1) is 22.6. The van der Waals surface area contributed by atoms with Crippen molar-refractivity contribution in [1.29, 1.82) is 0 Å². The van der Waals surface area contributed by atoms with Gasteiger partial charge in [0, 0.05) is 0 Å². The third kappa shape index (κ3) is 3.20. The largest absolute Gasteiger partial charge is 0.0447 e. The average molecular weight is 401 g/mol. The van der Waals surface area contributed by atoms with E-state index in [0.717, 1.165) is 12.8 Å². The molecule has 2 aromatic rings. The maximum atomic E-state index is 2.35. The Bertz CT molecular complexity index is 980. The molecule has 30 heavy (non-hydrogen) atoms. The van der Waals surface area contributed by atoms with E-state index in [2.05, 4.69) is 83.1 Å². The van der Waals surface area contributed by atoms with Gasteiger partial charge in [0.05, 0.1) is 0 Å². The fourth-order valence-corrected chi connectivity index (χ4v) is 5.61. The summed E-state index contributed by atoms with van der Waals surface area (Å²) in [6.07, 6.45) is 2.26. The highest BCUT2D eigenvalue weighted by molar-refractivity contribution is 5.88. The van der Waals surface area contributed by atoms with Crippen LogP contribution in [-0.4, -0.2) is 0 Å². The molecular weight excluding hydrogens is 360 g/mol. The van der Waals surface area contributed by atoms with Crippen molar-refractivity contribution < 1.29 is 0 Å². The molecule has 0 atom stereocenters. The van der Waals surface area contributed by atoms with Gasteiger partial charge in [-0.3, -0.25) is 0 Å². The zero-order valence-electron chi connectivity index (χ0n) is 21.4. The van der Waals surface area contributed by atoms with Crippen LogP contribution >= 0.6 is 0 Å². The molecule has 0 aromatic heterocycles. The molecule has 1 aliphatic rings. The van der Waals surface area contributed by atoms with Crippen molar-refractivity contribution >= 4 is 11.1 Å². The second-order valence-electron chi connectivity index (χ2n) is 9.71. The molecule has 0 heteroatoms. The summed E-state index contributed by atoms with van der Waals surface area (Å²) in [4.78, 5) is 0. The molecule has 2 aromatic carbocycles. The maximum Gasteiger partial charge on any atom is -0.0158 e. The number of allylic oxidation sites excluding steroid dienone is 4. The van der Waals surface area contributed by atoms with Crippen molar-refractivity contribution in [2.75, 3.05) is 0 Å². The molecule has 3 rings (SSSR count). The molecule has 0 nitrogen and oxygen atoms in total. The zero-order valence-corrected chi connectivity index (χ0v) is 21.4. The molecule has 0 amide bonds. The third-order valence-electron chi connectivity index (χ3n) is 8.70. The molecule has 0 heterocycles. The van der Waals surface area contributed by atoms with Gasteiger partial charge in [-0.05, 0) is 185 Å². The average Bonchev–Trinajstić information content (AvgIpc) is 2.72. The van der Waals surface area contributed by atoms with Crippen molar-refractivity contribution in [2.45, 2.75) is 95.9 Å². The molecule has 0 N–H and O–H groups in total. The summed E-state index contributed by atoms with van der Waals surface area (Å²) in [5.74, 6) is 0. The summed E-state index contributed by atoms with van der Waals surface area (Å²) in [5, 5.41) is 0. The Morgan fingerprint density at radius 1 is 0.300 bits per heavy atom. The Morgan fingerprint density at radius 3 is 0.733 bits per heavy atom. The minimum Gasteiger partial charge on any atom is -0.0447 e. The van der Waals surface area contributed by atoms with E-state index < -0.39 is 0 Å². The summed E-state index contributed by atoms with van der Waals surface area (Å²) >= 11 is 0. The smallest absolute Gasteiger partial charge is 0.0158 e. The van der Waals surface area contributed by atoms with Crippen LogP contribution < -0.4 is 0 Å². The monoisotopic (exact) mass is 400 g/mol. The first-order valence-electron chi connectivity index (χ1n) is 11.5. The van der Waals surface area contributed by atoms with E-state index in [4.69, 9.17) is 0 Å². The lowest BCUT2D eigenvalue weighted by Crippen LogP contribution is -2.10. The van der Waals surface area contributed by atoms with Gasteiger partial charge in [-0.15, -0.1) is 0 Å². The van der Waals surface area contributed by atoms with E-state index >= 15 is 0 Å². The Balaban J connectivity index is 2.30. The lowest BCUT2D eigenvalue weighted by molar-refractivity contribution is 1.00.